The van der Waals surface area contributed by atoms with Crippen LogP contribution in [0.25, 0.3) is 0 Å². The van der Waals surface area contributed by atoms with Crippen LogP contribution in [0.3, 0.4) is 0 Å². The predicted octanol–water partition coefficient (Wildman–Crippen LogP) is 3.26. The van der Waals surface area contributed by atoms with Crippen LogP contribution < -0.4 is 10.6 Å². The molecule has 0 bridgehead atoms. The van der Waals surface area contributed by atoms with Crippen LogP contribution in [-0.2, 0) is 19.0 Å². The van der Waals surface area contributed by atoms with Crippen molar-refractivity contribution in [3.63, 3.8) is 0 Å². The zero-order chi connectivity index (χ0) is 25.1. The molecule has 34 heavy (non-hydrogen) atoms. The fourth-order valence-corrected chi connectivity index (χ4v) is 5.24. The molecule has 1 saturated carbocycles. The van der Waals surface area contributed by atoms with Gasteiger partial charge in [0.15, 0.2) is 0 Å². The number of nitrogens with one attached hydrogen (secondary N) is 2. The van der Waals surface area contributed by atoms with Gasteiger partial charge < -0.3 is 29.7 Å². The topological polar surface area (TPSA) is 95.7 Å². The molecule has 0 aromatic heterocycles. The van der Waals surface area contributed by atoms with Crippen LogP contribution in [0.5, 0.6) is 0 Å². The first-order valence-electron chi connectivity index (χ1n) is 12.8. The minimum absolute atomic E-state index is 0.0433. The van der Waals surface area contributed by atoms with E-state index in [1.54, 1.807) is 0 Å². The van der Waals surface area contributed by atoms with Gasteiger partial charge in [-0.1, -0.05) is 25.5 Å². The molecule has 1 aliphatic carbocycles. The number of carbonyl (C=O) groups excluding carboxylic acids is 2. The summed E-state index contributed by atoms with van der Waals surface area (Å²) < 4.78 is 17.9. The summed E-state index contributed by atoms with van der Waals surface area (Å²) in [6.07, 6.45) is 5.78. The second-order valence-electron chi connectivity index (χ2n) is 11.3. The Kier molecular flexibility index (Phi) is 8.69. The Hall–Kier alpha value is -1.64. The highest BCUT2D eigenvalue weighted by Crippen LogP contribution is 2.59. The van der Waals surface area contributed by atoms with Crippen molar-refractivity contribution >= 4 is 12.0 Å². The van der Waals surface area contributed by atoms with Crippen molar-refractivity contribution < 1.29 is 23.8 Å². The van der Waals surface area contributed by atoms with Crippen LogP contribution in [0.2, 0.25) is 0 Å². The number of allylic oxidation sites excluding steroid dienone is 1. The molecule has 0 radical (unpaired) electrons. The molecule has 0 aromatic rings. The number of epoxide rings is 2. The number of rotatable bonds is 11. The van der Waals surface area contributed by atoms with Gasteiger partial charge >= 0.3 is 6.09 Å². The van der Waals surface area contributed by atoms with Crippen LogP contribution in [0, 0.1) is 11.8 Å². The zero-order valence-corrected chi connectivity index (χ0v) is 22.1. The van der Waals surface area contributed by atoms with Crippen molar-refractivity contribution in [3.8, 4) is 0 Å². The Morgan fingerprint density at radius 2 is 1.97 bits per heavy atom. The van der Waals surface area contributed by atoms with Crippen LogP contribution in [0.1, 0.15) is 66.7 Å². The normalized spacial score (nSPS) is 32.9. The van der Waals surface area contributed by atoms with Gasteiger partial charge in [0.25, 0.3) is 0 Å². The van der Waals surface area contributed by atoms with E-state index in [0.29, 0.717) is 6.54 Å². The number of carbonyl (C=O) groups is 2. The molecule has 2 saturated heterocycles. The third kappa shape index (κ3) is 6.73. The van der Waals surface area contributed by atoms with Crippen LogP contribution in [0.15, 0.2) is 11.6 Å². The summed E-state index contributed by atoms with van der Waals surface area (Å²) in [7, 11) is 4.00. The molecule has 0 unspecified atom stereocenters. The van der Waals surface area contributed by atoms with Gasteiger partial charge in [0.05, 0.1) is 23.9 Å². The number of alkyl carbamates (subject to hydrolysis) is 1. The summed E-state index contributed by atoms with van der Waals surface area (Å²) in [6, 6.07) is -0.623. The maximum Gasteiger partial charge on any atom is 0.408 e. The van der Waals surface area contributed by atoms with E-state index in [1.165, 1.54) is 5.57 Å². The van der Waals surface area contributed by atoms with E-state index in [2.05, 4.69) is 42.4 Å². The third-order valence-electron chi connectivity index (χ3n) is 7.53. The van der Waals surface area contributed by atoms with Crippen molar-refractivity contribution in [1.82, 2.24) is 15.5 Å². The molecule has 8 heteroatoms. The van der Waals surface area contributed by atoms with E-state index in [-0.39, 0.29) is 41.2 Å². The van der Waals surface area contributed by atoms with Gasteiger partial charge in [-0.05, 0) is 79.4 Å². The van der Waals surface area contributed by atoms with Gasteiger partial charge in [-0.2, -0.15) is 0 Å². The lowest BCUT2D eigenvalue weighted by atomic mass is 9.70. The lowest BCUT2D eigenvalue weighted by molar-refractivity contribution is -0.124. The predicted molar refractivity (Wildman–Crippen MR) is 132 cm³/mol. The molecule has 1 spiro atoms. The molecule has 3 aliphatic rings. The second kappa shape index (κ2) is 11.0. The largest absolute Gasteiger partial charge is 0.446 e. The Morgan fingerprint density at radius 3 is 2.56 bits per heavy atom. The van der Waals surface area contributed by atoms with Crippen molar-refractivity contribution in [3.05, 3.63) is 11.6 Å². The molecule has 194 valence electrons. The molecule has 2 aliphatic heterocycles. The summed E-state index contributed by atoms with van der Waals surface area (Å²) in [5.74, 6) is -0.0141. The lowest BCUT2D eigenvalue weighted by Crippen LogP contribution is -2.51. The van der Waals surface area contributed by atoms with Crippen LogP contribution >= 0.6 is 0 Å². The van der Waals surface area contributed by atoms with Crippen molar-refractivity contribution in [2.24, 2.45) is 11.8 Å². The first-order valence-corrected chi connectivity index (χ1v) is 12.8. The average Bonchev–Trinajstić information content (AvgIpc) is 3.66. The van der Waals surface area contributed by atoms with Gasteiger partial charge in [-0.25, -0.2) is 4.79 Å². The summed E-state index contributed by atoms with van der Waals surface area (Å²) in [4.78, 5) is 27.5. The van der Waals surface area contributed by atoms with Crippen LogP contribution in [0.4, 0.5) is 4.79 Å². The van der Waals surface area contributed by atoms with Gasteiger partial charge in [-0.3, -0.25) is 4.79 Å². The number of hydrogen-bond donors (Lipinski definition) is 2. The molecule has 3 fully saturated rings. The van der Waals surface area contributed by atoms with E-state index < -0.39 is 12.1 Å². The number of amides is 2. The molecular formula is C26H45N3O5. The lowest BCUT2D eigenvalue weighted by Gasteiger charge is -2.36. The third-order valence-corrected chi connectivity index (χ3v) is 7.53. The number of ether oxygens (including phenoxy) is 3. The van der Waals surface area contributed by atoms with Crippen molar-refractivity contribution in [2.45, 2.75) is 96.2 Å². The van der Waals surface area contributed by atoms with Gasteiger partial charge in [0.1, 0.15) is 12.1 Å². The maximum atomic E-state index is 12.8. The molecule has 2 N–H and O–H groups in total. The highest BCUT2D eigenvalue weighted by Gasteiger charge is 2.68. The summed E-state index contributed by atoms with van der Waals surface area (Å²) >= 11 is 0. The molecule has 0 aromatic carbocycles. The minimum atomic E-state index is -0.623. The Balaban J connectivity index is 1.52. The molecular weight excluding hydrogens is 434 g/mol. The summed E-state index contributed by atoms with van der Waals surface area (Å²) in [6.45, 7) is 12.5. The van der Waals surface area contributed by atoms with E-state index in [1.807, 2.05) is 27.9 Å². The number of hydrogen-bond acceptors (Lipinski definition) is 6. The highest BCUT2D eigenvalue weighted by molar-refractivity contribution is 5.85. The SMILES string of the molecule is CC(C)=CC[C@H]1O[C@]1(C)[C@H]1C[C@H](OC(=O)N[C@@H](C(=O)NCCCN(C)C)C(C)C)CC[C@]12CO2. The molecule has 2 heterocycles. The fraction of sp³-hybridized carbons (Fsp3) is 0.846. The second-order valence-corrected chi connectivity index (χ2v) is 11.3. The van der Waals surface area contributed by atoms with Crippen molar-refractivity contribution in [1.29, 1.82) is 0 Å². The van der Waals surface area contributed by atoms with Gasteiger partial charge in [0.2, 0.25) is 5.91 Å². The van der Waals surface area contributed by atoms with Crippen LogP contribution in [-0.4, -0.2) is 80.1 Å². The molecule has 3 rings (SSSR count). The number of nitrogens with zero attached hydrogens (tertiary/aromatic N) is 1. The fourth-order valence-electron chi connectivity index (χ4n) is 5.24. The van der Waals surface area contributed by atoms with E-state index in [4.69, 9.17) is 14.2 Å². The smallest absolute Gasteiger partial charge is 0.408 e. The van der Waals surface area contributed by atoms with Crippen molar-refractivity contribution in [2.75, 3.05) is 33.8 Å². The zero-order valence-electron chi connectivity index (χ0n) is 22.1. The summed E-state index contributed by atoms with van der Waals surface area (Å²) in [5, 5.41) is 5.74. The Bertz CT molecular complexity index is 760. The quantitative estimate of drug-likeness (QED) is 0.268. The monoisotopic (exact) mass is 479 g/mol. The minimum Gasteiger partial charge on any atom is -0.446 e. The highest BCUT2D eigenvalue weighted by atomic mass is 16.6. The molecule has 2 amide bonds. The summed E-state index contributed by atoms with van der Waals surface area (Å²) in [5.41, 5.74) is 0.921. The van der Waals surface area contributed by atoms with E-state index >= 15 is 0 Å². The standard InChI is InChI=1S/C26H45N3O5/c1-17(2)9-10-21-25(5,34-21)20-15-19(11-12-26(20)16-32-26)33-24(31)28-22(18(3)4)23(30)27-13-8-14-29(6)7/h9,18-22H,8,10-16H2,1-7H3,(H,27,30)(H,28,31)/t19-,20-,21-,22-,25-,26+/m1/s1. The Labute approximate surface area is 205 Å². The van der Waals surface area contributed by atoms with E-state index in [0.717, 1.165) is 45.3 Å². The molecule has 6 atom stereocenters. The first-order chi connectivity index (χ1) is 16.0. The Morgan fingerprint density at radius 1 is 1.26 bits per heavy atom. The first kappa shape index (κ1) is 27.0. The van der Waals surface area contributed by atoms with Gasteiger partial charge in [0, 0.05) is 12.5 Å². The van der Waals surface area contributed by atoms with Gasteiger partial charge in [-0.15, -0.1) is 0 Å². The molecule has 8 nitrogen and oxygen atoms in total. The maximum absolute atomic E-state index is 12.8. The average molecular weight is 480 g/mol. The van der Waals surface area contributed by atoms with E-state index in [9.17, 15) is 9.59 Å².